The lowest BCUT2D eigenvalue weighted by Crippen LogP contribution is -2.18. The summed E-state index contributed by atoms with van der Waals surface area (Å²) in [7, 11) is 0. The van der Waals surface area contributed by atoms with Gasteiger partial charge in [-0.3, -0.25) is 9.59 Å². The van der Waals surface area contributed by atoms with E-state index in [2.05, 4.69) is 10.5 Å². The third kappa shape index (κ3) is 3.13. The fourth-order valence-corrected chi connectivity index (χ4v) is 2.18. The van der Waals surface area contributed by atoms with Gasteiger partial charge in [0.1, 0.15) is 17.6 Å². The summed E-state index contributed by atoms with van der Waals surface area (Å²) in [6.45, 7) is 0. The molecule has 0 saturated heterocycles. The number of nitrogens with one attached hydrogen (secondary N) is 1. The summed E-state index contributed by atoms with van der Waals surface area (Å²) in [6.07, 6.45) is 2.20. The SMILES string of the molecule is O=C(N/N=C/c1coc2ccc(O)cc2c1=O)c1cc(O)c(O)c(O)c1. The van der Waals surface area contributed by atoms with Gasteiger partial charge in [-0.1, -0.05) is 0 Å². The van der Waals surface area contributed by atoms with Crippen LogP contribution in [-0.2, 0) is 0 Å². The highest BCUT2D eigenvalue weighted by Gasteiger charge is 2.13. The summed E-state index contributed by atoms with van der Waals surface area (Å²) in [5.41, 5.74) is 1.79. The fourth-order valence-electron chi connectivity index (χ4n) is 2.18. The number of rotatable bonds is 3. The van der Waals surface area contributed by atoms with Crippen LogP contribution >= 0.6 is 0 Å². The molecule has 0 aliphatic carbocycles. The van der Waals surface area contributed by atoms with Crippen LogP contribution in [0.4, 0.5) is 0 Å². The van der Waals surface area contributed by atoms with Gasteiger partial charge in [0, 0.05) is 5.56 Å². The average Bonchev–Trinajstić information content (AvgIpc) is 2.61. The lowest BCUT2D eigenvalue weighted by molar-refractivity contribution is 0.0954. The fraction of sp³-hybridized carbons (Fsp3) is 0. The van der Waals surface area contributed by atoms with E-state index in [4.69, 9.17) is 4.42 Å². The second kappa shape index (κ2) is 6.48. The van der Waals surface area contributed by atoms with Gasteiger partial charge in [-0.15, -0.1) is 0 Å². The van der Waals surface area contributed by atoms with Crippen LogP contribution in [0.5, 0.6) is 23.0 Å². The molecule has 0 radical (unpaired) electrons. The molecule has 0 aliphatic rings. The smallest absolute Gasteiger partial charge is 0.271 e. The van der Waals surface area contributed by atoms with Crippen LogP contribution < -0.4 is 10.9 Å². The lowest BCUT2D eigenvalue weighted by atomic mass is 10.1. The Kier molecular flexibility index (Phi) is 4.19. The van der Waals surface area contributed by atoms with E-state index < -0.39 is 28.6 Å². The molecule has 1 amide bonds. The molecule has 0 saturated carbocycles. The number of hydrogen-bond donors (Lipinski definition) is 5. The first-order valence-electron chi connectivity index (χ1n) is 7.19. The highest BCUT2D eigenvalue weighted by molar-refractivity contribution is 5.96. The van der Waals surface area contributed by atoms with E-state index in [1.165, 1.54) is 18.2 Å². The van der Waals surface area contributed by atoms with Crippen molar-refractivity contribution in [2.45, 2.75) is 0 Å². The van der Waals surface area contributed by atoms with E-state index in [0.717, 1.165) is 24.6 Å². The zero-order chi connectivity index (χ0) is 18.8. The molecule has 3 rings (SSSR count). The molecule has 2 aromatic carbocycles. The summed E-state index contributed by atoms with van der Waals surface area (Å²) in [6, 6.07) is 5.94. The first kappa shape index (κ1) is 16.8. The number of aromatic hydroxyl groups is 4. The predicted octanol–water partition coefficient (Wildman–Crippen LogP) is 1.38. The van der Waals surface area contributed by atoms with Crippen molar-refractivity contribution in [2.75, 3.05) is 0 Å². The van der Waals surface area contributed by atoms with Crippen molar-refractivity contribution >= 4 is 23.1 Å². The summed E-state index contributed by atoms with van der Waals surface area (Å²) in [5.74, 6) is -2.99. The van der Waals surface area contributed by atoms with Crippen LogP contribution in [0.3, 0.4) is 0 Å². The van der Waals surface area contributed by atoms with Crippen LogP contribution in [0.1, 0.15) is 15.9 Å². The molecular formula is C17H12N2O7. The zero-order valence-electron chi connectivity index (χ0n) is 13.0. The largest absolute Gasteiger partial charge is 0.508 e. The summed E-state index contributed by atoms with van der Waals surface area (Å²) in [5, 5.41) is 41.2. The molecule has 9 nitrogen and oxygen atoms in total. The maximum absolute atomic E-state index is 12.3. The average molecular weight is 356 g/mol. The first-order valence-corrected chi connectivity index (χ1v) is 7.19. The minimum atomic E-state index is -0.797. The molecule has 3 aromatic rings. The van der Waals surface area contributed by atoms with Crippen LogP contribution in [-0.4, -0.2) is 32.5 Å². The molecule has 1 heterocycles. The molecule has 0 fully saturated rings. The lowest BCUT2D eigenvalue weighted by Gasteiger charge is -2.04. The van der Waals surface area contributed by atoms with Gasteiger partial charge in [0.25, 0.3) is 5.91 Å². The molecular weight excluding hydrogens is 344 g/mol. The second-order valence-electron chi connectivity index (χ2n) is 5.26. The van der Waals surface area contributed by atoms with E-state index in [9.17, 15) is 30.0 Å². The number of amides is 1. The van der Waals surface area contributed by atoms with Gasteiger partial charge in [-0.25, -0.2) is 5.43 Å². The van der Waals surface area contributed by atoms with Crippen molar-refractivity contribution in [3.8, 4) is 23.0 Å². The Balaban J connectivity index is 1.83. The maximum atomic E-state index is 12.3. The van der Waals surface area contributed by atoms with Crippen molar-refractivity contribution in [3.63, 3.8) is 0 Å². The Bertz CT molecular complexity index is 1080. The van der Waals surface area contributed by atoms with E-state index in [-0.39, 0.29) is 27.8 Å². The van der Waals surface area contributed by atoms with Crippen molar-refractivity contribution < 1.29 is 29.6 Å². The minimum Gasteiger partial charge on any atom is -0.508 e. The molecule has 5 N–H and O–H groups in total. The normalized spacial score (nSPS) is 11.1. The number of hydrazone groups is 1. The van der Waals surface area contributed by atoms with Gasteiger partial charge in [-0.2, -0.15) is 5.10 Å². The standard InChI is InChI=1S/C17H12N2O7/c20-10-1-2-14-11(5-10)15(23)9(7-26-14)6-18-19-17(25)8-3-12(21)16(24)13(22)4-8/h1-7,20-22,24H,(H,19,25)/b18-6+. The molecule has 0 atom stereocenters. The van der Waals surface area contributed by atoms with Crippen LogP contribution in [0, 0.1) is 0 Å². The maximum Gasteiger partial charge on any atom is 0.271 e. The highest BCUT2D eigenvalue weighted by Crippen LogP contribution is 2.35. The van der Waals surface area contributed by atoms with Gasteiger partial charge in [0.05, 0.1) is 17.2 Å². The number of carbonyl (C=O) groups excluding carboxylic acids is 1. The number of nitrogens with zero attached hydrogens (tertiary/aromatic N) is 1. The Morgan fingerprint density at radius 3 is 2.46 bits per heavy atom. The van der Waals surface area contributed by atoms with Crippen molar-refractivity contribution in [1.29, 1.82) is 0 Å². The van der Waals surface area contributed by atoms with Crippen molar-refractivity contribution in [3.05, 3.63) is 57.9 Å². The van der Waals surface area contributed by atoms with Crippen LogP contribution in [0.2, 0.25) is 0 Å². The minimum absolute atomic E-state index is 0.0276. The van der Waals surface area contributed by atoms with Crippen LogP contribution in [0.15, 0.2) is 50.9 Å². The number of phenolic OH excluding ortho intramolecular Hbond substituents is 4. The Labute approximate surface area is 145 Å². The Morgan fingerprint density at radius 1 is 1.08 bits per heavy atom. The molecule has 0 aliphatic heterocycles. The van der Waals surface area contributed by atoms with Gasteiger partial charge < -0.3 is 24.8 Å². The quantitative estimate of drug-likeness (QED) is 0.270. The van der Waals surface area contributed by atoms with E-state index in [1.54, 1.807) is 0 Å². The molecule has 132 valence electrons. The first-order chi connectivity index (χ1) is 12.4. The van der Waals surface area contributed by atoms with E-state index >= 15 is 0 Å². The van der Waals surface area contributed by atoms with Crippen LogP contribution in [0.25, 0.3) is 11.0 Å². The molecule has 0 unspecified atom stereocenters. The molecule has 26 heavy (non-hydrogen) atoms. The van der Waals surface area contributed by atoms with E-state index in [0.29, 0.717) is 0 Å². The van der Waals surface area contributed by atoms with Crippen molar-refractivity contribution in [1.82, 2.24) is 5.43 Å². The number of phenols is 4. The topological polar surface area (TPSA) is 153 Å². The Morgan fingerprint density at radius 2 is 1.77 bits per heavy atom. The monoisotopic (exact) mass is 356 g/mol. The third-order valence-corrected chi connectivity index (χ3v) is 3.48. The van der Waals surface area contributed by atoms with E-state index in [1.807, 2.05) is 0 Å². The predicted molar refractivity (Wildman–Crippen MR) is 90.6 cm³/mol. The van der Waals surface area contributed by atoms with Gasteiger partial charge in [0.15, 0.2) is 17.2 Å². The number of benzene rings is 2. The van der Waals surface area contributed by atoms with Gasteiger partial charge in [0.2, 0.25) is 5.43 Å². The molecule has 0 bridgehead atoms. The molecule has 9 heteroatoms. The third-order valence-electron chi connectivity index (χ3n) is 3.48. The molecule has 0 spiro atoms. The summed E-state index contributed by atoms with van der Waals surface area (Å²) in [4.78, 5) is 24.2. The van der Waals surface area contributed by atoms with Gasteiger partial charge in [-0.05, 0) is 30.3 Å². The highest BCUT2D eigenvalue weighted by atomic mass is 16.3. The number of hydrogen-bond acceptors (Lipinski definition) is 8. The number of carbonyl (C=O) groups is 1. The summed E-state index contributed by atoms with van der Waals surface area (Å²) < 4.78 is 5.26. The summed E-state index contributed by atoms with van der Waals surface area (Å²) >= 11 is 0. The molecule has 1 aromatic heterocycles. The van der Waals surface area contributed by atoms with Crippen molar-refractivity contribution in [2.24, 2.45) is 5.10 Å². The van der Waals surface area contributed by atoms with Gasteiger partial charge >= 0.3 is 0 Å². The number of fused-ring (bicyclic) bond motifs is 1. The Hall–Kier alpha value is -4.01. The second-order valence-corrected chi connectivity index (χ2v) is 5.26. The zero-order valence-corrected chi connectivity index (χ0v) is 13.0.